The van der Waals surface area contributed by atoms with E-state index < -0.39 is 18.5 Å². The number of benzene rings is 2. The zero-order chi connectivity index (χ0) is 21.6. The van der Waals surface area contributed by atoms with Crippen molar-refractivity contribution in [1.82, 2.24) is 5.32 Å². The van der Waals surface area contributed by atoms with Gasteiger partial charge >= 0.3 is 5.97 Å². The minimum absolute atomic E-state index is 0.00998. The predicted octanol–water partition coefficient (Wildman–Crippen LogP) is 3.86. The zero-order valence-corrected chi connectivity index (χ0v) is 17.7. The van der Waals surface area contributed by atoms with Gasteiger partial charge < -0.3 is 15.4 Å². The Morgan fingerprint density at radius 3 is 2.28 bits per heavy atom. The van der Waals surface area contributed by atoms with Crippen molar-refractivity contribution in [3.8, 4) is 0 Å². The van der Waals surface area contributed by atoms with E-state index >= 15 is 0 Å². The molecule has 2 aromatic carbocycles. The average Bonchev–Trinajstić information content (AvgIpc) is 2.66. The highest BCUT2D eigenvalue weighted by Gasteiger charge is 2.15. The summed E-state index contributed by atoms with van der Waals surface area (Å²) in [4.78, 5) is 35.9. The van der Waals surface area contributed by atoms with E-state index in [-0.39, 0.29) is 17.9 Å². The van der Waals surface area contributed by atoms with Crippen molar-refractivity contribution in [3.05, 3.63) is 64.2 Å². The van der Waals surface area contributed by atoms with E-state index in [0.29, 0.717) is 16.3 Å². The SMILES string of the molecule is Cc1cc(Cl)ccc1NC(=O)COC(=O)CNC(=O)c1ccc(C(C)(C)C)cc1. The van der Waals surface area contributed by atoms with Crippen LogP contribution in [0.1, 0.15) is 42.3 Å². The molecular weight excluding hydrogens is 392 g/mol. The second-order valence-electron chi connectivity index (χ2n) is 7.68. The highest BCUT2D eigenvalue weighted by atomic mass is 35.5. The lowest BCUT2D eigenvalue weighted by Crippen LogP contribution is -2.32. The molecule has 0 aromatic heterocycles. The Balaban J connectivity index is 1.77. The maximum absolute atomic E-state index is 12.1. The molecule has 2 rings (SSSR count). The summed E-state index contributed by atoms with van der Waals surface area (Å²) >= 11 is 5.87. The molecule has 0 heterocycles. The molecule has 7 heteroatoms. The van der Waals surface area contributed by atoms with E-state index in [4.69, 9.17) is 16.3 Å². The first-order valence-corrected chi connectivity index (χ1v) is 9.54. The third-order valence-electron chi connectivity index (χ3n) is 4.23. The van der Waals surface area contributed by atoms with Gasteiger partial charge in [-0.2, -0.15) is 0 Å². The number of ether oxygens (including phenoxy) is 1. The van der Waals surface area contributed by atoms with E-state index in [2.05, 4.69) is 31.4 Å². The van der Waals surface area contributed by atoms with E-state index in [1.165, 1.54) is 0 Å². The van der Waals surface area contributed by atoms with Crippen molar-refractivity contribution < 1.29 is 19.1 Å². The van der Waals surface area contributed by atoms with Crippen LogP contribution in [0.3, 0.4) is 0 Å². The van der Waals surface area contributed by atoms with Gasteiger partial charge in [0.2, 0.25) is 0 Å². The topological polar surface area (TPSA) is 84.5 Å². The summed E-state index contributed by atoms with van der Waals surface area (Å²) in [6.45, 7) is 7.29. The summed E-state index contributed by atoms with van der Waals surface area (Å²) in [5.74, 6) is -1.57. The Hall–Kier alpha value is -2.86. The fourth-order valence-corrected chi connectivity index (χ4v) is 2.75. The van der Waals surface area contributed by atoms with Crippen molar-refractivity contribution in [2.45, 2.75) is 33.1 Å². The first kappa shape index (κ1) is 22.4. The molecule has 0 atom stereocenters. The molecule has 154 valence electrons. The van der Waals surface area contributed by atoms with Crippen LogP contribution in [0, 0.1) is 6.92 Å². The first-order valence-electron chi connectivity index (χ1n) is 9.16. The number of halogens is 1. The maximum atomic E-state index is 12.1. The number of esters is 1. The minimum atomic E-state index is -0.701. The number of hydrogen-bond acceptors (Lipinski definition) is 4. The molecule has 0 aliphatic carbocycles. The number of nitrogens with one attached hydrogen (secondary N) is 2. The fraction of sp³-hybridized carbons (Fsp3) is 0.318. The number of hydrogen-bond donors (Lipinski definition) is 2. The summed E-state index contributed by atoms with van der Waals surface area (Å²) in [6, 6.07) is 12.2. The monoisotopic (exact) mass is 416 g/mol. The van der Waals surface area contributed by atoms with Crippen LogP contribution in [0.4, 0.5) is 5.69 Å². The number of carbonyl (C=O) groups is 3. The fourth-order valence-electron chi connectivity index (χ4n) is 2.53. The molecule has 0 aliphatic heterocycles. The number of carbonyl (C=O) groups excluding carboxylic acids is 3. The number of anilines is 1. The van der Waals surface area contributed by atoms with Crippen LogP contribution in [0.25, 0.3) is 0 Å². The van der Waals surface area contributed by atoms with Crippen LogP contribution < -0.4 is 10.6 Å². The summed E-state index contributed by atoms with van der Waals surface area (Å²) in [5.41, 5.74) is 2.92. The van der Waals surface area contributed by atoms with Gasteiger partial charge in [-0.15, -0.1) is 0 Å². The van der Waals surface area contributed by atoms with E-state index in [1.54, 1.807) is 37.3 Å². The molecule has 0 saturated carbocycles. The van der Waals surface area contributed by atoms with Crippen LogP contribution in [0.2, 0.25) is 5.02 Å². The molecule has 29 heavy (non-hydrogen) atoms. The quantitative estimate of drug-likeness (QED) is 0.700. The summed E-state index contributed by atoms with van der Waals surface area (Å²) in [7, 11) is 0. The van der Waals surface area contributed by atoms with Gasteiger partial charge in [0.15, 0.2) is 6.61 Å². The van der Waals surface area contributed by atoms with Crippen LogP contribution in [0.15, 0.2) is 42.5 Å². The Morgan fingerprint density at radius 1 is 1.03 bits per heavy atom. The molecule has 0 radical (unpaired) electrons. The molecule has 0 spiro atoms. The third kappa shape index (κ3) is 6.91. The third-order valence-corrected chi connectivity index (χ3v) is 4.47. The normalized spacial score (nSPS) is 10.9. The number of rotatable bonds is 6. The van der Waals surface area contributed by atoms with Crippen molar-refractivity contribution >= 4 is 35.1 Å². The highest BCUT2D eigenvalue weighted by Crippen LogP contribution is 2.22. The Morgan fingerprint density at radius 2 is 1.69 bits per heavy atom. The molecule has 2 N–H and O–H groups in total. The molecule has 0 unspecified atom stereocenters. The molecule has 0 fully saturated rings. The first-order chi connectivity index (χ1) is 13.6. The van der Waals surface area contributed by atoms with Gasteiger partial charge in [-0.05, 0) is 53.8 Å². The second kappa shape index (κ2) is 9.56. The molecule has 0 saturated heterocycles. The van der Waals surface area contributed by atoms with Gasteiger partial charge in [0.25, 0.3) is 11.8 Å². The van der Waals surface area contributed by atoms with E-state index in [0.717, 1.165) is 11.1 Å². The van der Waals surface area contributed by atoms with E-state index in [9.17, 15) is 14.4 Å². The average molecular weight is 417 g/mol. The van der Waals surface area contributed by atoms with Gasteiger partial charge in [0.05, 0.1) is 0 Å². The van der Waals surface area contributed by atoms with Gasteiger partial charge in [-0.3, -0.25) is 14.4 Å². The van der Waals surface area contributed by atoms with Crippen molar-refractivity contribution in [3.63, 3.8) is 0 Å². The van der Waals surface area contributed by atoms with Gasteiger partial charge in [-0.1, -0.05) is 44.5 Å². The van der Waals surface area contributed by atoms with Crippen LogP contribution >= 0.6 is 11.6 Å². The summed E-state index contributed by atoms with van der Waals surface area (Å²) in [5, 5.41) is 5.69. The smallest absolute Gasteiger partial charge is 0.325 e. The van der Waals surface area contributed by atoms with Crippen LogP contribution in [0.5, 0.6) is 0 Å². The molecule has 6 nitrogen and oxygen atoms in total. The lowest BCUT2D eigenvalue weighted by Gasteiger charge is -2.19. The Bertz CT molecular complexity index is 902. The Kier molecular flexibility index (Phi) is 7.40. The molecule has 0 bridgehead atoms. The molecule has 0 aliphatic rings. The van der Waals surface area contributed by atoms with Gasteiger partial charge in [0.1, 0.15) is 6.54 Å². The number of aryl methyl sites for hydroxylation is 1. The summed E-state index contributed by atoms with van der Waals surface area (Å²) in [6.07, 6.45) is 0. The molecule has 2 amide bonds. The highest BCUT2D eigenvalue weighted by molar-refractivity contribution is 6.30. The Labute approximate surface area is 175 Å². The standard InChI is InChI=1S/C22H25ClN2O4/c1-14-11-17(23)9-10-18(14)25-19(26)13-29-20(27)12-24-21(28)15-5-7-16(8-6-15)22(2,3)4/h5-11H,12-13H2,1-4H3,(H,24,28)(H,25,26). The van der Waals surface area contributed by atoms with Crippen molar-refractivity contribution in [2.75, 3.05) is 18.5 Å². The lowest BCUT2D eigenvalue weighted by molar-refractivity contribution is -0.146. The lowest BCUT2D eigenvalue weighted by atomic mass is 9.87. The van der Waals surface area contributed by atoms with Crippen LogP contribution in [-0.2, 0) is 19.7 Å². The largest absolute Gasteiger partial charge is 0.454 e. The van der Waals surface area contributed by atoms with Crippen molar-refractivity contribution in [2.24, 2.45) is 0 Å². The van der Waals surface area contributed by atoms with Crippen LogP contribution in [-0.4, -0.2) is 30.9 Å². The maximum Gasteiger partial charge on any atom is 0.325 e. The van der Waals surface area contributed by atoms with Gasteiger partial charge in [0, 0.05) is 16.3 Å². The minimum Gasteiger partial charge on any atom is -0.454 e. The number of amides is 2. The predicted molar refractivity (Wildman–Crippen MR) is 113 cm³/mol. The molecular formula is C22H25ClN2O4. The van der Waals surface area contributed by atoms with Crippen molar-refractivity contribution in [1.29, 1.82) is 0 Å². The summed E-state index contributed by atoms with van der Waals surface area (Å²) < 4.78 is 4.90. The zero-order valence-electron chi connectivity index (χ0n) is 17.0. The van der Waals surface area contributed by atoms with Gasteiger partial charge in [-0.25, -0.2) is 0 Å². The second-order valence-corrected chi connectivity index (χ2v) is 8.11. The van der Waals surface area contributed by atoms with E-state index in [1.807, 2.05) is 12.1 Å². The molecule has 2 aromatic rings.